The van der Waals surface area contributed by atoms with Crippen molar-refractivity contribution in [2.75, 3.05) is 30.5 Å². The Kier molecular flexibility index (Phi) is 8.47. The Morgan fingerprint density at radius 1 is 1.14 bits per heavy atom. The Morgan fingerprint density at radius 3 is 2.50 bits per heavy atom. The van der Waals surface area contributed by atoms with E-state index in [0.29, 0.717) is 47.7 Å². The van der Waals surface area contributed by atoms with Crippen LogP contribution in [0.2, 0.25) is 5.02 Å². The fourth-order valence-corrected chi connectivity index (χ4v) is 4.41. The molecule has 36 heavy (non-hydrogen) atoms. The molecule has 0 aliphatic carbocycles. The van der Waals surface area contributed by atoms with Gasteiger partial charge in [-0.25, -0.2) is 15.0 Å². The van der Waals surface area contributed by atoms with Crippen LogP contribution in [0, 0.1) is 0 Å². The van der Waals surface area contributed by atoms with Gasteiger partial charge in [0.05, 0.1) is 44.0 Å². The summed E-state index contributed by atoms with van der Waals surface area (Å²) < 4.78 is 5.21. The van der Waals surface area contributed by atoms with Crippen molar-refractivity contribution in [1.29, 1.82) is 0 Å². The number of aliphatic hydroxyl groups excluding tert-OH is 2. The Bertz CT molecular complexity index is 1170. The SMILES string of the molecule is COc1ccc(CNc2nc(N3[C@H](CO)CC[C@@H]3CO)ncc2C(=O)NCc2ncccn2)cc1Cl. The van der Waals surface area contributed by atoms with Crippen molar-refractivity contribution >= 4 is 29.3 Å². The number of nitrogens with zero attached hydrogens (tertiary/aromatic N) is 5. The molecule has 2 atom stereocenters. The average molecular weight is 514 g/mol. The number of carbonyl (C=O) groups excluding carboxylic acids is 1. The topological polar surface area (TPSA) is 146 Å². The normalized spacial score (nSPS) is 17.2. The van der Waals surface area contributed by atoms with Gasteiger partial charge in [0, 0.05) is 25.1 Å². The molecule has 0 spiro atoms. The van der Waals surface area contributed by atoms with Crippen LogP contribution in [0.3, 0.4) is 0 Å². The minimum Gasteiger partial charge on any atom is -0.495 e. The summed E-state index contributed by atoms with van der Waals surface area (Å²) in [6.07, 6.45) is 6.05. The third-order valence-electron chi connectivity index (χ3n) is 6.00. The maximum Gasteiger partial charge on any atom is 0.256 e. The lowest BCUT2D eigenvalue weighted by molar-refractivity contribution is 0.0950. The number of halogens is 1. The number of anilines is 2. The molecule has 0 radical (unpaired) electrons. The highest BCUT2D eigenvalue weighted by Crippen LogP contribution is 2.30. The molecule has 1 aromatic carbocycles. The monoisotopic (exact) mass is 513 g/mol. The molecule has 1 amide bonds. The lowest BCUT2D eigenvalue weighted by atomic mass is 10.2. The first-order valence-corrected chi connectivity index (χ1v) is 11.9. The van der Waals surface area contributed by atoms with Crippen LogP contribution >= 0.6 is 11.6 Å². The molecule has 4 rings (SSSR count). The van der Waals surface area contributed by atoms with Crippen molar-refractivity contribution in [1.82, 2.24) is 25.3 Å². The van der Waals surface area contributed by atoms with E-state index in [1.807, 2.05) is 11.0 Å². The quantitative estimate of drug-likeness (QED) is 0.316. The molecule has 1 fully saturated rings. The van der Waals surface area contributed by atoms with Gasteiger partial charge >= 0.3 is 0 Å². The Hall–Kier alpha value is -3.54. The van der Waals surface area contributed by atoms with Crippen molar-refractivity contribution in [3.63, 3.8) is 0 Å². The molecule has 0 saturated carbocycles. The molecule has 3 aromatic rings. The number of methoxy groups -OCH3 is 1. The van der Waals surface area contributed by atoms with Gasteiger partial charge in [0.2, 0.25) is 5.95 Å². The fraction of sp³-hybridized carbons (Fsp3) is 0.375. The second-order valence-electron chi connectivity index (χ2n) is 8.26. The maximum absolute atomic E-state index is 13.0. The van der Waals surface area contributed by atoms with Crippen LogP contribution in [0.4, 0.5) is 11.8 Å². The van der Waals surface area contributed by atoms with Crippen molar-refractivity contribution < 1.29 is 19.7 Å². The van der Waals surface area contributed by atoms with Crippen LogP contribution in [0.5, 0.6) is 5.75 Å². The number of aliphatic hydroxyl groups is 2. The highest BCUT2D eigenvalue weighted by Gasteiger charge is 2.35. The predicted molar refractivity (Wildman–Crippen MR) is 134 cm³/mol. The first kappa shape index (κ1) is 25.5. The first-order chi connectivity index (χ1) is 17.5. The summed E-state index contributed by atoms with van der Waals surface area (Å²) in [5.41, 5.74) is 1.09. The van der Waals surface area contributed by atoms with Gasteiger partial charge in [-0.1, -0.05) is 17.7 Å². The zero-order valence-corrected chi connectivity index (χ0v) is 20.5. The summed E-state index contributed by atoms with van der Waals surface area (Å²) in [7, 11) is 1.55. The third-order valence-corrected chi connectivity index (χ3v) is 6.29. The number of hydrogen-bond acceptors (Lipinski definition) is 10. The number of ether oxygens (including phenoxy) is 1. The molecule has 1 saturated heterocycles. The summed E-state index contributed by atoms with van der Waals surface area (Å²) in [5.74, 6) is 1.26. The molecule has 0 bridgehead atoms. The van der Waals surface area contributed by atoms with Crippen molar-refractivity contribution in [2.45, 2.75) is 38.0 Å². The molecule has 4 N–H and O–H groups in total. The second-order valence-corrected chi connectivity index (χ2v) is 8.67. The summed E-state index contributed by atoms with van der Waals surface area (Å²) in [6, 6.07) is 6.65. The minimum atomic E-state index is -0.400. The fourth-order valence-electron chi connectivity index (χ4n) is 4.13. The lowest BCUT2D eigenvalue weighted by Gasteiger charge is -2.29. The van der Waals surface area contributed by atoms with Gasteiger partial charge in [-0.05, 0) is 36.6 Å². The summed E-state index contributed by atoms with van der Waals surface area (Å²) in [5, 5.41) is 26.1. The Balaban J connectivity index is 1.60. The number of carbonyl (C=O) groups is 1. The standard InChI is InChI=1S/C24H28ClN7O4/c1-36-20-6-3-15(9-19(20)25)10-28-22-18(23(35)29-12-21-26-7-2-8-27-21)11-30-24(31-22)32-16(13-33)4-5-17(32)14-34/h2-3,6-9,11,16-17,33-34H,4-5,10,12-14H2,1H3,(H,29,35)(H,28,30,31)/t16-,17+. The van der Waals surface area contributed by atoms with Crippen LogP contribution in [0.1, 0.15) is 34.6 Å². The van der Waals surface area contributed by atoms with Gasteiger partial charge in [0.25, 0.3) is 5.91 Å². The maximum atomic E-state index is 13.0. The van der Waals surface area contributed by atoms with Crippen LogP contribution in [0.15, 0.2) is 42.9 Å². The van der Waals surface area contributed by atoms with E-state index in [4.69, 9.17) is 16.3 Å². The van der Waals surface area contributed by atoms with Crippen molar-refractivity contribution in [3.8, 4) is 5.75 Å². The number of hydrogen-bond donors (Lipinski definition) is 4. The predicted octanol–water partition coefficient (Wildman–Crippen LogP) is 1.79. The highest BCUT2D eigenvalue weighted by atomic mass is 35.5. The number of amides is 1. The molecule has 2 aromatic heterocycles. The molecule has 0 unspecified atom stereocenters. The number of aromatic nitrogens is 4. The summed E-state index contributed by atoms with van der Waals surface area (Å²) in [6.45, 7) is 0.286. The zero-order valence-electron chi connectivity index (χ0n) is 19.8. The number of nitrogens with one attached hydrogen (secondary N) is 2. The first-order valence-electron chi connectivity index (χ1n) is 11.5. The van der Waals surface area contributed by atoms with Gasteiger partial charge in [-0.2, -0.15) is 4.98 Å². The average Bonchev–Trinajstić information content (AvgIpc) is 3.34. The lowest BCUT2D eigenvalue weighted by Crippen LogP contribution is -2.41. The largest absolute Gasteiger partial charge is 0.495 e. The van der Waals surface area contributed by atoms with Crippen LogP contribution in [-0.4, -0.2) is 68.5 Å². The van der Waals surface area contributed by atoms with E-state index in [2.05, 4.69) is 30.6 Å². The van der Waals surface area contributed by atoms with Gasteiger partial charge in [-0.3, -0.25) is 4.79 Å². The van der Waals surface area contributed by atoms with Crippen LogP contribution in [-0.2, 0) is 13.1 Å². The zero-order chi connectivity index (χ0) is 25.5. The Morgan fingerprint density at radius 2 is 1.86 bits per heavy atom. The van der Waals surface area contributed by atoms with Gasteiger partial charge in [-0.15, -0.1) is 0 Å². The minimum absolute atomic E-state index is 0.0910. The number of benzene rings is 1. The summed E-state index contributed by atoms with van der Waals surface area (Å²) >= 11 is 6.26. The van der Waals surface area contributed by atoms with E-state index in [9.17, 15) is 15.0 Å². The van der Waals surface area contributed by atoms with E-state index in [0.717, 1.165) is 5.56 Å². The molecule has 1 aliphatic rings. The van der Waals surface area contributed by atoms with Crippen molar-refractivity contribution in [3.05, 3.63) is 64.8 Å². The van der Waals surface area contributed by atoms with Gasteiger partial charge in [0.15, 0.2) is 0 Å². The van der Waals surface area contributed by atoms with E-state index >= 15 is 0 Å². The summed E-state index contributed by atoms with van der Waals surface area (Å²) in [4.78, 5) is 32.1. The molecule has 190 valence electrons. The van der Waals surface area contributed by atoms with Gasteiger partial charge in [0.1, 0.15) is 23.0 Å². The van der Waals surface area contributed by atoms with Crippen LogP contribution < -0.4 is 20.3 Å². The molecular formula is C24H28ClN7O4. The van der Waals surface area contributed by atoms with Crippen molar-refractivity contribution in [2.24, 2.45) is 0 Å². The third kappa shape index (κ3) is 5.81. The van der Waals surface area contributed by atoms with E-state index in [1.165, 1.54) is 6.20 Å². The molecule has 12 heteroatoms. The molecule has 1 aliphatic heterocycles. The van der Waals surface area contributed by atoms with Gasteiger partial charge < -0.3 is 30.5 Å². The van der Waals surface area contributed by atoms with E-state index in [1.54, 1.807) is 37.7 Å². The molecular weight excluding hydrogens is 486 g/mol. The van der Waals surface area contributed by atoms with E-state index in [-0.39, 0.29) is 37.4 Å². The van der Waals surface area contributed by atoms with E-state index < -0.39 is 5.91 Å². The second kappa shape index (κ2) is 11.9. The van der Waals surface area contributed by atoms with Crippen LogP contribution in [0.25, 0.3) is 0 Å². The highest BCUT2D eigenvalue weighted by molar-refractivity contribution is 6.32. The number of rotatable bonds is 10. The molecule has 3 heterocycles. The molecule has 11 nitrogen and oxygen atoms in total. The Labute approximate surface area is 213 Å². The smallest absolute Gasteiger partial charge is 0.256 e.